The van der Waals surface area contributed by atoms with E-state index in [0.717, 1.165) is 18.6 Å². The summed E-state index contributed by atoms with van der Waals surface area (Å²) in [4.78, 5) is 68.7. The molecule has 0 aliphatic carbocycles. The van der Waals surface area contributed by atoms with Gasteiger partial charge >= 0.3 is 18.0 Å². The number of unbranched alkanes of at least 4 members (excludes halogenated alkanes) is 3. The fourth-order valence-corrected chi connectivity index (χ4v) is 6.11. The van der Waals surface area contributed by atoms with Crippen LogP contribution in [0.4, 0.5) is 4.79 Å². The fourth-order valence-electron chi connectivity index (χ4n) is 4.05. The number of urea groups is 1. The predicted octanol–water partition coefficient (Wildman–Crippen LogP) is 0.976. The summed E-state index contributed by atoms with van der Waals surface area (Å²) in [6, 6.07) is 0.268. The van der Waals surface area contributed by atoms with Gasteiger partial charge in [-0.3, -0.25) is 14.4 Å². The van der Waals surface area contributed by atoms with E-state index in [0.29, 0.717) is 61.0 Å². The largest absolute Gasteiger partial charge is 0.371 e. The molecule has 3 aliphatic rings. The molecule has 202 valence electrons. The first kappa shape index (κ1) is 28.5. The van der Waals surface area contributed by atoms with Gasteiger partial charge in [0, 0.05) is 42.4 Å². The molecular formula is C20H30N4O10S2. The molecule has 3 fully saturated rings. The summed E-state index contributed by atoms with van der Waals surface area (Å²) in [5, 5.41) is 17.2. The van der Waals surface area contributed by atoms with Gasteiger partial charge in [-0.1, -0.05) is 17.9 Å². The van der Waals surface area contributed by atoms with Crippen molar-refractivity contribution in [2.24, 2.45) is 0 Å². The normalized spacial score (nSPS) is 25.0. The van der Waals surface area contributed by atoms with Crippen LogP contribution in [0.2, 0.25) is 0 Å². The number of hydroxylamine groups is 3. The number of imide groups is 1. The topological polar surface area (TPSA) is 182 Å². The Morgan fingerprint density at radius 3 is 2.67 bits per heavy atom. The van der Waals surface area contributed by atoms with Gasteiger partial charge in [0.1, 0.15) is 5.25 Å². The Labute approximate surface area is 215 Å². The van der Waals surface area contributed by atoms with Gasteiger partial charge in [0.15, 0.2) is 0 Å². The summed E-state index contributed by atoms with van der Waals surface area (Å²) in [5.74, 6) is -1.61. The number of thioether (sulfide) groups is 1. The number of nitrogens with one attached hydrogen (secondary N) is 3. The number of carbonyl (C=O) groups excluding carboxylic acids is 5. The van der Waals surface area contributed by atoms with Gasteiger partial charge in [-0.15, -0.1) is 9.40 Å². The van der Waals surface area contributed by atoms with Crippen LogP contribution in [0.15, 0.2) is 0 Å². The van der Waals surface area contributed by atoms with E-state index >= 15 is 0 Å². The van der Waals surface area contributed by atoms with E-state index in [9.17, 15) is 24.0 Å². The molecule has 4 amide bonds. The second kappa shape index (κ2) is 14.6. The van der Waals surface area contributed by atoms with Crippen molar-refractivity contribution in [1.82, 2.24) is 21.2 Å². The molecule has 0 bridgehead atoms. The SMILES string of the molecule is O=C1NC2CSC(CCCCC(=O)ONCCCCCC(=O)ON3C(=O)CC(SOOO)C3=O)C2N1. The van der Waals surface area contributed by atoms with Crippen LogP contribution in [0.5, 0.6) is 0 Å². The minimum Gasteiger partial charge on any atom is -0.371 e. The van der Waals surface area contributed by atoms with E-state index in [4.69, 9.17) is 14.9 Å². The van der Waals surface area contributed by atoms with Crippen molar-refractivity contribution in [3.05, 3.63) is 0 Å². The van der Waals surface area contributed by atoms with Gasteiger partial charge in [0.05, 0.1) is 18.5 Å². The highest BCUT2D eigenvalue weighted by molar-refractivity contribution is 8.00. The third-order valence-corrected chi connectivity index (χ3v) is 8.09. The lowest BCUT2D eigenvalue weighted by molar-refractivity contribution is -0.432. The number of carbonyl (C=O) groups is 5. The highest BCUT2D eigenvalue weighted by atomic mass is 32.2. The molecule has 4 N–H and O–H groups in total. The number of hydrogen-bond acceptors (Lipinski definition) is 13. The van der Waals surface area contributed by atoms with Crippen LogP contribution in [0.3, 0.4) is 0 Å². The van der Waals surface area contributed by atoms with Crippen molar-refractivity contribution in [2.75, 3.05) is 12.3 Å². The van der Waals surface area contributed by atoms with E-state index < -0.39 is 23.0 Å². The minimum atomic E-state index is -0.973. The van der Waals surface area contributed by atoms with Crippen molar-refractivity contribution >= 4 is 53.6 Å². The van der Waals surface area contributed by atoms with Crippen molar-refractivity contribution in [1.29, 1.82) is 0 Å². The van der Waals surface area contributed by atoms with Crippen molar-refractivity contribution in [3.8, 4) is 0 Å². The van der Waals surface area contributed by atoms with Gasteiger partial charge in [-0.2, -0.15) is 17.2 Å². The van der Waals surface area contributed by atoms with Crippen molar-refractivity contribution in [2.45, 2.75) is 80.4 Å². The van der Waals surface area contributed by atoms with Crippen molar-refractivity contribution in [3.63, 3.8) is 0 Å². The van der Waals surface area contributed by atoms with Crippen LogP contribution in [0.1, 0.15) is 57.8 Å². The summed E-state index contributed by atoms with van der Waals surface area (Å²) in [6.45, 7) is 0.421. The molecule has 3 aliphatic heterocycles. The second-order valence-electron chi connectivity index (χ2n) is 8.47. The van der Waals surface area contributed by atoms with Crippen LogP contribution < -0.4 is 16.1 Å². The molecule has 0 aromatic rings. The molecule has 0 saturated carbocycles. The predicted molar refractivity (Wildman–Crippen MR) is 125 cm³/mol. The van der Waals surface area contributed by atoms with Gasteiger partial charge in [-0.25, -0.2) is 14.8 Å². The van der Waals surface area contributed by atoms with Crippen LogP contribution in [-0.4, -0.2) is 75.0 Å². The molecule has 0 radical (unpaired) electrons. The summed E-state index contributed by atoms with van der Waals surface area (Å²) in [6.07, 6.45) is 4.32. The lowest BCUT2D eigenvalue weighted by Gasteiger charge is -2.16. The number of nitrogens with zero attached hydrogens (tertiary/aromatic N) is 1. The second-order valence-corrected chi connectivity index (χ2v) is 10.6. The maximum atomic E-state index is 12.0. The molecule has 16 heteroatoms. The van der Waals surface area contributed by atoms with E-state index in [-0.39, 0.29) is 36.9 Å². The maximum Gasteiger partial charge on any atom is 0.333 e. The van der Waals surface area contributed by atoms with E-state index in [2.05, 4.69) is 25.5 Å². The Balaban J connectivity index is 1.14. The molecule has 4 unspecified atom stereocenters. The van der Waals surface area contributed by atoms with Crippen LogP contribution in [0.25, 0.3) is 0 Å². The van der Waals surface area contributed by atoms with Crippen LogP contribution in [-0.2, 0) is 38.2 Å². The molecule has 3 saturated heterocycles. The Hall–Kier alpha value is -2.11. The zero-order valence-electron chi connectivity index (χ0n) is 19.5. The highest BCUT2D eigenvalue weighted by Gasteiger charge is 2.43. The van der Waals surface area contributed by atoms with Crippen LogP contribution in [0, 0.1) is 0 Å². The lowest BCUT2D eigenvalue weighted by atomic mass is 10.0. The summed E-state index contributed by atoms with van der Waals surface area (Å²) < 4.78 is 4.16. The smallest absolute Gasteiger partial charge is 0.333 e. The molecule has 4 atom stereocenters. The molecule has 14 nitrogen and oxygen atoms in total. The van der Waals surface area contributed by atoms with E-state index in [1.165, 1.54) is 0 Å². The zero-order valence-corrected chi connectivity index (χ0v) is 21.1. The Morgan fingerprint density at radius 1 is 1.08 bits per heavy atom. The highest BCUT2D eigenvalue weighted by Crippen LogP contribution is 2.33. The summed E-state index contributed by atoms with van der Waals surface area (Å²) in [7, 11) is 0. The number of fused-ring (bicyclic) bond motifs is 1. The van der Waals surface area contributed by atoms with Crippen molar-refractivity contribution < 1.29 is 48.3 Å². The summed E-state index contributed by atoms with van der Waals surface area (Å²) >= 11 is 2.28. The number of hydrogen-bond donors (Lipinski definition) is 4. The Bertz CT molecular complexity index is 819. The molecule has 0 spiro atoms. The minimum absolute atomic E-state index is 0.00549. The molecule has 0 aromatic heterocycles. The molecular weight excluding hydrogens is 520 g/mol. The van der Waals surface area contributed by atoms with Gasteiger partial charge in [0.2, 0.25) is 0 Å². The van der Waals surface area contributed by atoms with E-state index in [1.54, 1.807) is 0 Å². The standard InChI is InChI=1S/C20H30N4O10S2/c25-15-10-14(36-34-33-30)19(28)24(15)32-17(27)8-2-1-5-9-21-31-16(26)7-4-3-6-13-18-12(11-35-13)22-20(29)23-18/h12-14,18,21,30H,1-11H2,(H2,22,23,29). The average Bonchev–Trinajstić information content (AvgIpc) is 3.48. The van der Waals surface area contributed by atoms with Gasteiger partial charge in [-0.05, 0) is 25.7 Å². The molecule has 3 rings (SSSR count). The molecule has 3 heterocycles. The quantitative estimate of drug-likeness (QED) is 0.0533. The molecule has 36 heavy (non-hydrogen) atoms. The van der Waals surface area contributed by atoms with Gasteiger partial charge in [0.25, 0.3) is 11.8 Å². The molecule has 0 aromatic carbocycles. The number of amides is 4. The fraction of sp³-hybridized carbons (Fsp3) is 0.750. The zero-order chi connectivity index (χ0) is 25.9. The lowest BCUT2D eigenvalue weighted by Crippen LogP contribution is -2.36. The first-order chi connectivity index (χ1) is 17.4. The monoisotopic (exact) mass is 550 g/mol. The third kappa shape index (κ3) is 8.48. The third-order valence-electron chi connectivity index (χ3n) is 5.84. The number of rotatable bonds is 16. The van der Waals surface area contributed by atoms with E-state index in [1.807, 2.05) is 11.8 Å². The average molecular weight is 551 g/mol. The Morgan fingerprint density at radius 2 is 1.86 bits per heavy atom. The Kier molecular flexibility index (Phi) is 11.5. The maximum absolute atomic E-state index is 12.0. The van der Waals surface area contributed by atoms with Gasteiger partial charge < -0.3 is 20.3 Å². The first-order valence-electron chi connectivity index (χ1n) is 11.7. The van der Waals surface area contributed by atoms with Crippen LogP contribution >= 0.6 is 23.8 Å². The summed E-state index contributed by atoms with van der Waals surface area (Å²) in [5.41, 5.74) is 2.62. The first-order valence-corrected chi connectivity index (χ1v) is 13.6.